The fourth-order valence-corrected chi connectivity index (χ4v) is 6.05. The molecule has 0 radical (unpaired) electrons. The number of hydrogen-bond acceptors (Lipinski definition) is 10. The molecule has 0 amide bonds. The van der Waals surface area contributed by atoms with Crippen molar-refractivity contribution in [2.75, 3.05) is 41.3 Å². The van der Waals surface area contributed by atoms with E-state index in [0.29, 0.717) is 29.3 Å². The lowest BCUT2D eigenvalue weighted by Gasteiger charge is -2.36. The Balaban J connectivity index is 1.19. The Kier molecular flexibility index (Phi) is 7.67. The van der Waals surface area contributed by atoms with Gasteiger partial charge >= 0.3 is 0 Å². The molecule has 3 heterocycles. The molecule has 4 aromatic rings. The Bertz CT molecular complexity index is 1470. The highest BCUT2D eigenvalue weighted by Crippen LogP contribution is 2.32. The van der Waals surface area contributed by atoms with Crippen LogP contribution in [0, 0.1) is 12.8 Å². The third kappa shape index (κ3) is 6.69. The molecule has 1 saturated heterocycles. The number of carbonyl (C=O) groups excluding carboxylic acids is 1. The largest absolute Gasteiger partial charge is 0.368 e. The summed E-state index contributed by atoms with van der Waals surface area (Å²) in [6, 6.07) is 16.1. The van der Waals surface area contributed by atoms with Crippen molar-refractivity contribution in [3.05, 3.63) is 70.2 Å². The van der Waals surface area contributed by atoms with Crippen LogP contribution >= 0.6 is 34.7 Å². The lowest BCUT2D eigenvalue weighted by atomic mass is 10.1. The molecule has 6 rings (SSSR count). The first-order chi connectivity index (χ1) is 19.0. The average Bonchev–Trinajstić information content (AvgIpc) is 3.72. The maximum absolute atomic E-state index is 12.2. The predicted octanol–water partition coefficient (Wildman–Crippen LogP) is 6.03. The van der Waals surface area contributed by atoms with Crippen molar-refractivity contribution in [1.82, 2.24) is 19.9 Å². The number of Topliss-reactive ketones (excluding diaryl/α,β-unsaturated/α-hetero) is 1. The van der Waals surface area contributed by atoms with Gasteiger partial charge in [-0.2, -0.15) is 15.0 Å². The lowest BCUT2D eigenvalue weighted by Crippen LogP contribution is -2.47. The molecule has 39 heavy (non-hydrogen) atoms. The summed E-state index contributed by atoms with van der Waals surface area (Å²) in [7, 11) is 0. The number of benzene rings is 2. The Morgan fingerprint density at radius 3 is 2.51 bits per heavy atom. The zero-order valence-corrected chi connectivity index (χ0v) is 23.9. The second-order valence-electron chi connectivity index (χ2n) is 9.76. The third-order valence-electron chi connectivity index (χ3n) is 6.72. The van der Waals surface area contributed by atoms with Crippen LogP contribution in [0.5, 0.6) is 0 Å². The lowest BCUT2D eigenvalue weighted by molar-refractivity contribution is -0.119. The first-order valence-electron chi connectivity index (χ1n) is 13.0. The number of halogens is 1. The molecule has 0 bridgehead atoms. The Hall–Kier alpha value is -3.21. The van der Waals surface area contributed by atoms with E-state index in [4.69, 9.17) is 26.6 Å². The predicted molar refractivity (Wildman–Crippen MR) is 158 cm³/mol. The average molecular weight is 578 g/mol. The number of aromatic nitrogens is 4. The molecule has 2 aromatic heterocycles. The van der Waals surface area contributed by atoms with Crippen molar-refractivity contribution in [2.45, 2.75) is 36.2 Å². The first kappa shape index (κ1) is 26.0. The van der Waals surface area contributed by atoms with E-state index in [1.807, 2.05) is 55.6 Å². The number of piperazine rings is 1. The highest BCUT2D eigenvalue weighted by Gasteiger charge is 2.29. The molecule has 1 saturated carbocycles. The molecule has 1 aliphatic heterocycles. The van der Waals surface area contributed by atoms with Crippen molar-refractivity contribution in [2.24, 2.45) is 5.92 Å². The fraction of sp³-hybridized carbons (Fsp3) is 0.321. The fourth-order valence-electron chi connectivity index (χ4n) is 4.47. The Morgan fingerprint density at radius 2 is 1.82 bits per heavy atom. The molecule has 0 atom stereocenters. The zero-order valence-electron chi connectivity index (χ0n) is 21.5. The number of nitrogens with one attached hydrogen (secondary N) is 1. The summed E-state index contributed by atoms with van der Waals surface area (Å²) in [5.74, 6) is 1.74. The second-order valence-corrected chi connectivity index (χ2v) is 12.5. The minimum absolute atomic E-state index is 0.280. The first-order valence-corrected chi connectivity index (χ1v) is 15.0. The Morgan fingerprint density at radius 1 is 1.05 bits per heavy atom. The van der Waals surface area contributed by atoms with E-state index < -0.39 is 0 Å². The summed E-state index contributed by atoms with van der Waals surface area (Å²) in [5, 5.41) is 5.35. The van der Waals surface area contributed by atoms with Crippen molar-refractivity contribution in [3.63, 3.8) is 0 Å². The van der Waals surface area contributed by atoms with Gasteiger partial charge in [-0.15, -0.1) is 11.3 Å². The van der Waals surface area contributed by atoms with Gasteiger partial charge in [-0.25, -0.2) is 4.98 Å². The van der Waals surface area contributed by atoms with Crippen LogP contribution in [0.1, 0.15) is 23.3 Å². The number of ketones is 1. The molecule has 8 nitrogen and oxygen atoms in total. The summed E-state index contributed by atoms with van der Waals surface area (Å²) in [4.78, 5) is 37.5. The van der Waals surface area contributed by atoms with Gasteiger partial charge in [0.05, 0.1) is 0 Å². The molecule has 200 valence electrons. The van der Waals surface area contributed by atoms with Crippen LogP contribution in [0.25, 0.3) is 0 Å². The highest BCUT2D eigenvalue weighted by molar-refractivity contribution is 7.99. The Labute approximate surface area is 240 Å². The van der Waals surface area contributed by atoms with Crippen LogP contribution in [0.4, 0.5) is 22.7 Å². The molecular formula is C28H28ClN7OS2. The number of hydrogen-bond donors (Lipinski definition) is 1. The van der Waals surface area contributed by atoms with E-state index in [9.17, 15) is 4.79 Å². The van der Waals surface area contributed by atoms with Crippen LogP contribution in [-0.4, -0.2) is 51.9 Å². The van der Waals surface area contributed by atoms with Gasteiger partial charge in [-0.1, -0.05) is 29.8 Å². The van der Waals surface area contributed by atoms with Crippen LogP contribution in [0.15, 0.2) is 64.8 Å². The van der Waals surface area contributed by atoms with Gasteiger partial charge in [-0.05, 0) is 67.4 Å². The molecule has 0 unspecified atom stereocenters. The number of aryl methyl sites for hydroxylation is 1. The zero-order chi connectivity index (χ0) is 26.8. The highest BCUT2D eigenvalue weighted by atomic mass is 35.5. The van der Waals surface area contributed by atoms with Gasteiger partial charge < -0.3 is 9.80 Å². The van der Waals surface area contributed by atoms with Crippen LogP contribution in [0.3, 0.4) is 0 Å². The molecule has 1 aliphatic carbocycles. The van der Waals surface area contributed by atoms with E-state index in [1.54, 1.807) is 11.3 Å². The SMILES string of the molecule is Cc1cnc(Nc2nc(Sc3ccc(CC(=O)C4CC4)cc3)nc(N3CCN(c4cccc(Cl)c4)CC3)n2)s1. The second kappa shape index (κ2) is 11.5. The number of nitrogens with zero attached hydrogens (tertiary/aromatic N) is 6. The molecule has 2 fully saturated rings. The molecular weight excluding hydrogens is 550 g/mol. The number of anilines is 4. The summed E-state index contributed by atoms with van der Waals surface area (Å²) in [6.45, 7) is 5.25. The summed E-state index contributed by atoms with van der Waals surface area (Å²) >= 11 is 9.25. The molecule has 2 aliphatic rings. The maximum atomic E-state index is 12.2. The smallest absolute Gasteiger partial charge is 0.234 e. The van der Waals surface area contributed by atoms with Gasteiger partial charge in [0, 0.05) is 65.2 Å². The van der Waals surface area contributed by atoms with Crippen molar-refractivity contribution in [3.8, 4) is 0 Å². The normalized spacial score (nSPS) is 15.4. The van der Waals surface area contributed by atoms with E-state index in [0.717, 1.165) is 70.2 Å². The quantitative estimate of drug-likeness (QED) is 0.256. The molecule has 2 aromatic carbocycles. The minimum atomic E-state index is 0.280. The summed E-state index contributed by atoms with van der Waals surface area (Å²) in [6.07, 6.45) is 4.42. The number of rotatable bonds is 9. The van der Waals surface area contributed by atoms with Crippen molar-refractivity contribution in [1.29, 1.82) is 0 Å². The molecule has 11 heteroatoms. The van der Waals surface area contributed by atoms with Crippen LogP contribution in [-0.2, 0) is 11.2 Å². The summed E-state index contributed by atoms with van der Waals surface area (Å²) < 4.78 is 0. The van der Waals surface area contributed by atoms with Gasteiger partial charge in [0.1, 0.15) is 5.78 Å². The van der Waals surface area contributed by atoms with Gasteiger partial charge in [-0.3, -0.25) is 10.1 Å². The van der Waals surface area contributed by atoms with E-state index in [-0.39, 0.29) is 5.92 Å². The van der Waals surface area contributed by atoms with Crippen LogP contribution < -0.4 is 15.1 Å². The van der Waals surface area contributed by atoms with Crippen LogP contribution in [0.2, 0.25) is 5.02 Å². The van der Waals surface area contributed by atoms with Gasteiger partial charge in [0.25, 0.3) is 0 Å². The van der Waals surface area contributed by atoms with Gasteiger partial charge in [0.2, 0.25) is 11.9 Å². The van der Waals surface area contributed by atoms with E-state index in [2.05, 4.69) is 26.2 Å². The monoisotopic (exact) mass is 577 g/mol. The van der Waals surface area contributed by atoms with E-state index in [1.165, 1.54) is 11.8 Å². The third-order valence-corrected chi connectivity index (χ3v) is 8.66. The number of carbonyl (C=O) groups is 1. The van der Waals surface area contributed by atoms with Gasteiger partial charge in [0.15, 0.2) is 10.3 Å². The van der Waals surface area contributed by atoms with Crippen molar-refractivity contribution >= 4 is 63.2 Å². The maximum Gasteiger partial charge on any atom is 0.234 e. The van der Waals surface area contributed by atoms with E-state index >= 15 is 0 Å². The summed E-state index contributed by atoms with van der Waals surface area (Å²) in [5.41, 5.74) is 2.17. The standard InChI is InChI=1S/C28H28ClN7OS2/c1-18-17-30-27(38-18)32-25-31-26(36-13-11-35(12-14-36)22-4-2-3-21(29)16-22)34-28(33-25)39-23-9-5-19(6-10-23)15-24(37)20-7-8-20/h2-6,9-10,16-17,20H,7-8,11-15H2,1H3,(H,30,31,32,33,34). The topological polar surface area (TPSA) is 87.1 Å². The minimum Gasteiger partial charge on any atom is -0.368 e. The number of thiazole rings is 1. The van der Waals surface area contributed by atoms with Crippen molar-refractivity contribution < 1.29 is 4.79 Å². The molecule has 1 N–H and O–H groups in total. The molecule has 0 spiro atoms.